The van der Waals surface area contributed by atoms with Gasteiger partial charge in [0, 0.05) is 37.0 Å². The first-order valence-electron chi connectivity index (χ1n) is 14.6. The van der Waals surface area contributed by atoms with Crippen molar-refractivity contribution >= 4 is 16.7 Å². The Morgan fingerprint density at radius 2 is 1.81 bits per heavy atom. The highest BCUT2D eigenvalue weighted by molar-refractivity contribution is 6.04. The quantitative estimate of drug-likeness (QED) is 0.155. The Bertz CT molecular complexity index is 1460. The van der Waals surface area contributed by atoms with Gasteiger partial charge in [0.2, 0.25) is 0 Å². The highest BCUT2D eigenvalue weighted by Gasteiger charge is 2.26. The molecule has 2 N–H and O–H groups in total. The van der Waals surface area contributed by atoms with Crippen molar-refractivity contribution in [3.05, 3.63) is 107 Å². The molecule has 2 atom stereocenters. The third-order valence-corrected chi connectivity index (χ3v) is 7.86. The van der Waals surface area contributed by atoms with E-state index in [1.165, 1.54) is 18.2 Å². The standard InChI is InChI=1S/C35H40N2O5/c1-39-34-10-4-3-7-28(34)24-41-19-6-20-42-29-14-12-26(13-15-29)31-17-18-36-23-33(31)37-22-25-11-16-30-27(21-25)8-5-9-32(30)35(38)40-2/h3-5,7-16,21,31,33,36-37H,6,17-20,22-24H2,1-2H3/t31-,33-/m1/s1. The first-order valence-corrected chi connectivity index (χ1v) is 14.6. The monoisotopic (exact) mass is 568 g/mol. The van der Waals surface area contributed by atoms with Gasteiger partial charge in [-0.1, -0.05) is 54.6 Å². The molecule has 220 valence electrons. The molecule has 0 radical (unpaired) electrons. The van der Waals surface area contributed by atoms with E-state index in [2.05, 4.69) is 47.0 Å². The van der Waals surface area contributed by atoms with Crippen LogP contribution in [-0.2, 0) is 22.6 Å². The summed E-state index contributed by atoms with van der Waals surface area (Å²) in [4.78, 5) is 12.1. The molecule has 1 aliphatic rings. The molecule has 0 unspecified atom stereocenters. The van der Waals surface area contributed by atoms with Crippen LogP contribution in [0.15, 0.2) is 84.9 Å². The lowest BCUT2D eigenvalue weighted by atomic mass is 9.86. The zero-order valence-electron chi connectivity index (χ0n) is 24.4. The van der Waals surface area contributed by atoms with Gasteiger partial charge in [-0.3, -0.25) is 0 Å². The number of benzene rings is 4. The van der Waals surface area contributed by atoms with Gasteiger partial charge in [0.1, 0.15) is 11.5 Å². The molecule has 7 nitrogen and oxygen atoms in total. The molecule has 0 amide bonds. The van der Waals surface area contributed by atoms with Crippen molar-refractivity contribution in [2.45, 2.75) is 38.0 Å². The molecule has 0 aromatic heterocycles. The van der Waals surface area contributed by atoms with Crippen LogP contribution in [0.4, 0.5) is 0 Å². The Labute approximate surface area is 248 Å². The number of carbonyl (C=O) groups excluding carboxylic acids is 1. The molecule has 5 rings (SSSR count). The summed E-state index contributed by atoms with van der Waals surface area (Å²) < 4.78 is 22.1. The minimum Gasteiger partial charge on any atom is -0.496 e. The second kappa shape index (κ2) is 14.8. The van der Waals surface area contributed by atoms with E-state index in [0.717, 1.165) is 60.3 Å². The fourth-order valence-electron chi connectivity index (χ4n) is 5.62. The zero-order valence-corrected chi connectivity index (χ0v) is 24.4. The topological polar surface area (TPSA) is 78.1 Å². The van der Waals surface area contributed by atoms with Gasteiger partial charge >= 0.3 is 5.97 Å². The molecule has 0 bridgehead atoms. The number of piperidine rings is 1. The van der Waals surface area contributed by atoms with Crippen molar-refractivity contribution < 1.29 is 23.7 Å². The smallest absolute Gasteiger partial charge is 0.338 e. The average Bonchev–Trinajstić information content (AvgIpc) is 3.05. The van der Waals surface area contributed by atoms with Crippen LogP contribution < -0.4 is 20.1 Å². The zero-order chi connectivity index (χ0) is 29.1. The highest BCUT2D eigenvalue weighted by atomic mass is 16.5. The van der Waals surface area contributed by atoms with Gasteiger partial charge in [-0.05, 0) is 65.2 Å². The number of methoxy groups -OCH3 is 2. The van der Waals surface area contributed by atoms with E-state index in [1.807, 2.05) is 42.5 Å². The van der Waals surface area contributed by atoms with Gasteiger partial charge in [-0.15, -0.1) is 0 Å². The van der Waals surface area contributed by atoms with Gasteiger partial charge in [0.05, 0.1) is 39.6 Å². The highest BCUT2D eigenvalue weighted by Crippen LogP contribution is 2.28. The second-order valence-electron chi connectivity index (χ2n) is 10.6. The number of fused-ring (bicyclic) bond motifs is 1. The number of hydrogen-bond acceptors (Lipinski definition) is 7. The molecular formula is C35H40N2O5. The second-order valence-corrected chi connectivity index (χ2v) is 10.6. The first-order chi connectivity index (χ1) is 20.7. The summed E-state index contributed by atoms with van der Waals surface area (Å²) >= 11 is 0. The Balaban J connectivity index is 1.10. The number of carbonyl (C=O) groups is 1. The van der Waals surface area contributed by atoms with Crippen molar-refractivity contribution in [2.75, 3.05) is 40.5 Å². The van der Waals surface area contributed by atoms with E-state index in [4.69, 9.17) is 18.9 Å². The number of ether oxygens (including phenoxy) is 4. The Morgan fingerprint density at radius 3 is 2.64 bits per heavy atom. The maximum Gasteiger partial charge on any atom is 0.338 e. The normalized spacial score (nSPS) is 16.7. The molecule has 1 fully saturated rings. The summed E-state index contributed by atoms with van der Waals surface area (Å²) in [5, 5.41) is 9.27. The Hall–Kier alpha value is -3.91. The predicted molar refractivity (Wildman–Crippen MR) is 165 cm³/mol. The van der Waals surface area contributed by atoms with Crippen molar-refractivity contribution in [3.63, 3.8) is 0 Å². The fourth-order valence-corrected chi connectivity index (χ4v) is 5.62. The number of esters is 1. The molecule has 1 aliphatic heterocycles. The van der Waals surface area contributed by atoms with Crippen LogP contribution in [0.5, 0.6) is 11.5 Å². The molecule has 1 heterocycles. The molecule has 1 saturated heterocycles. The lowest BCUT2D eigenvalue weighted by Gasteiger charge is -2.33. The largest absolute Gasteiger partial charge is 0.496 e. The molecule has 4 aromatic carbocycles. The van der Waals surface area contributed by atoms with E-state index >= 15 is 0 Å². The van der Waals surface area contributed by atoms with Crippen molar-refractivity contribution in [1.29, 1.82) is 0 Å². The summed E-state index contributed by atoms with van der Waals surface area (Å²) in [5.74, 6) is 1.83. The number of rotatable bonds is 13. The van der Waals surface area contributed by atoms with Crippen molar-refractivity contribution in [2.24, 2.45) is 0 Å². The van der Waals surface area contributed by atoms with Gasteiger partial charge in [-0.25, -0.2) is 4.79 Å². The van der Waals surface area contributed by atoms with Crippen LogP contribution in [0.2, 0.25) is 0 Å². The van der Waals surface area contributed by atoms with E-state index in [-0.39, 0.29) is 5.97 Å². The number of nitrogens with one attached hydrogen (secondary N) is 2. The summed E-state index contributed by atoms with van der Waals surface area (Å²) in [7, 11) is 3.09. The maximum atomic E-state index is 12.1. The summed E-state index contributed by atoms with van der Waals surface area (Å²) in [6, 6.07) is 28.8. The number of hydrogen-bond donors (Lipinski definition) is 2. The summed E-state index contributed by atoms with van der Waals surface area (Å²) in [5.41, 5.74) is 4.15. The fraction of sp³-hybridized carbons (Fsp3) is 0.343. The lowest BCUT2D eigenvalue weighted by Crippen LogP contribution is -2.47. The van der Waals surface area contributed by atoms with Crippen LogP contribution in [-0.4, -0.2) is 52.5 Å². The summed E-state index contributed by atoms with van der Waals surface area (Å²) in [6.07, 6.45) is 1.89. The molecular weight excluding hydrogens is 528 g/mol. The van der Waals surface area contributed by atoms with Crippen molar-refractivity contribution in [1.82, 2.24) is 10.6 Å². The minimum atomic E-state index is -0.312. The third kappa shape index (κ3) is 7.48. The third-order valence-electron chi connectivity index (χ3n) is 7.86. The average molecular weight is 569 g/mol. The first kappa shape index (κ1) is 29.6. The number of para-hydroxylation sites is 1. The molecule has 42 heavy (non-hydrogen) atoms. The van der Waals surface area contributed by atoms with Crippen LogP contribution in [0.25, 0.3) is 10.8 Å². The lowest BCUT2D eigenvalue weighted by molar-refractivity contribution is 0.0603. The SMILES string of the molecule is COC(=O)c1cccc2cc(CN[C@@H]3CNCC[C@@H]3c3ccc(OCCCOCc4ccccc4OC)cc3)ccc12. The van der Waals surface area contributed by atoms with Crippen LogP contribution in [0, 0.1) is 0 Å². The maximum absolute atomic E-state index is 12.1. The van der Waals surface area contributed by atoms with Gasteiger partial charge in [-0.2, -0.15) is 0 Å². The predicted octanol–water partition coefficient (Wildman–Crippen LogP) is 5.86. The van der Waals surface area contributed by atoms with Gasteiger partial charge in [0.25, 0.3) is 0 Å². The van der Waals surface area contributed by atoms with E-state index in [1.54, 1.807) is 13.2 Å². The van der Waals surface area contributed by atoms with Gasteiger partial charge < -0.3 is 29.6 Å². The molecule has 0 aliphatic carbocycles. The molecule has 0 saturated carbocycles. The Kier molecular flexibility index (Phi) is 10.4. The summed E-state index contributed by atoms with van der Waals surface area (Å²) in [6.45, 7) is 4.43. The van der Waals surface area contributed by atoms with Crippen LogP contribution in [0.1, 0.15) is 45.8 Å². The van der Waals surface area contributed by atoms with E-state index in [0.29, 0.717) is 37.3 Å². The molecule has 7 heteroatoms. The van der Waals surface area contributed by atoms with E-state index < -0.39 is 0 Å². The van der Waals surface area contributed by atoms with Gasteiger partial charge in [0.15, 0.2) is 0 Å². The van der Waals surface area contributed by atoms with Crippen LogP contribution in [0.3, 0.4) is 0 Å². The van der Waals surface area contributed by atoms with Crippen molar-refractivity contribution in [3.8, 4) is 11.5 Å². The molecule has 4 aromatic rings. The molecule has 0 spiro atoms. The minimum absolute atomic E-state index is 0.308. The van der Waals surface area contributed by atoms with Crippen LogP contribution >= 0.6 is 0 Å². The van der Waals surface area contributed by atoms with E-state index in [9.17, 15) is 4.79 Å². The Morgan fingerprint density at radius 1 is 0.952 bits per heavy atom.